The summed E-state index contributed by atoms with van der Waals surface area (Å²) in [7, 11) is 0. The highest BCUT2D eigenvalue weighted by Crippen LogP contribution is 2.26. The zero-order valence-corrected chi connectivity index (χ0v) is 13.2. The van der Waals surface area contributed by atoms with Crippen molar-refractivity contribution < 1.29 is 0 Å². The van der Waals surface area contributed by atoms with Crippen LogP contribution in [0.4, 0.5) is 0 Å². The molecule has 0 aromatic rings. The van der Waals surface area contributed by atoms with Crippen LogP contribution < -0.4 is 5.32 Å². The van der Waals surface area contributed by atoms with Crippen LogP contribution in [0.25, 0.3) is 0 Å². The SMILES string of the molecule is CCN(CCN1CCC(CNCC(C)C)C1)C1CC1. The van der Waals surface area contributed by atoms with E-state index in [-0.39, 0.29) is 0 Å². The van der Waals surface area contributed by atoms with E-state index in [0.717, 1.165) is 17.9 Å². The lowest BCUT2D eigenvalue weighted by molar-refractivity contribution is 0.222. The average Bonchev–Trinajstić information content (AvgIpc) is 3.11. The van der Waals surface area contributed by atoms with E-state index in [4.69, 9.17) is 0 Å². The molecule has 2 fully saturated rings. The van der Waals surface area contributed by atoms with E-state index in [1.54, 1.807) is 0 Å². The largest absolute Gasteiger partial charge is 0.316 e. The maximum atomic E-state index is 3.61. The van der Waals surface area contributed by atoms with Gasteiger partial charge in [-0.3, -0.25) is 4.90 Å². The topological polar surface area (TPSA) is 18.5 Å². The van der Waals surface area contributed by atoms with Crippen LogP contribution in [0.2, 0.25) is 0 Å². The number of hydrogen-bond acceptors (Lipinski definition) is 3. The van der Waals surface area contributed by atoms with Crippen molar-refractivity contribution in [1.29, 1.82) is 0 Å². The molecule has 1 unspecified atom stereocenters. The second kappa shape index (κ2) is 7.61. The number of hydrogen-bond donors (Lipinski definition) is 1. The second-order valence-electron chi connectivity index (χ2n) is 6.87. The van der Waals surface area contributed by atoms with Crippen LogP contribution in [0.3, 0.4) is 0 Å². The molecule has 0 aromatic carbocycles. The van der Waals surface area contributed by atoms with Gasteiger partial charge in [-0.1, -0.05) is 20.8 Å². The van der Waals surface area contributed by atoms with Gasteiger partial charge in [-0.05, 0) is 57.3 Å². The predicted octanol–water partition coefficient (Wildman–Crippen LogP) is 2.04. The van der Waals surface area contributed by atoms with Crippen molar-refractivity contribution in [3.8, 4) is 0 Å². The van der Waals surface area contributed by atoms with Crippen LogP contribution >= 0.6 is 0 Å². The molecule has 3 nitrogen and oxygen atoms in total. The lowest BCUT2D eigenvalue weighted by atomic mass is 10.1. The van der Waals surface area contributed by atoms with Crippen molar-refractivity contribution in [2.75, 3.05) is 45.8 Å². The molecular weight excluding hydrogens is 234 g/mol. The minimum atomic E-state index is 0.772. The molecule has 3 heteroatoms. The van der Waals surface area contributed by atoms with E-state index in [0.29, 0.717) is 0 Å². The first-order valence-corrected chi connectivity index (χ1v) is 8.36. The quantitative estimate of drug-likeness (QED) is 0.690. The van der Waals surface area contributed by atoms with E-state index in [2.05, 4.69) is 35.9 Å². The molecule has 112 valence electrons. The first kappa shape index (κ1) is 15.3. The standard InChI is InChI=1S/C16H33N3/c1-4-19(16-5-6-16)10-9-18-8-7-15(13-18)12-17-11-14(2)3/h14-17H,4-13H2,1-3H3. The van der Waals surface area contributed by atoms with Gasteiger partial charge < -0.3 is 10.2 Å². The number of nitrogens with one attached hydrogen (secondary N) is 1. The smallest absolute Gasteiger partial charge is 0.0112 e. The van der Waals surface area contributed by atoms with E-state index in [9.17, 15) is 0 Å². The summed E-state index contributed by atoms with van der Waals surface area (Å²) in [6.45, 7) is 15.7. The van der Waals surface area contributed by atoms with Crippen LogP contribution in [0, 0.1) is 11.8 Å². The molecule has 0 bridgehead atoms. The molecule has 1 heterocycles. The van der Waals surface area contributed by atoms with E-state index in [1.165, 1.54) is 65.1 Å². The molecule has 0 amide bonds. The van der Waals surface area contributed by atoms with Gasteiger partial charge in [0.2, 0.25) is 0 Å². The van der Waals surface area contributed by atoms with E-state index < -0.39 is 0 Å². The highest BCUT2D eigenvalue weighted by atomic mass is 15.2. The summed E-state index contributed by atoms with van der Waals surface area (Å²) in [6.07, 6.45) is 4.27. The zero-order chi connectivity index (χ0) is 13.7. The van der Waals surface area contributed by atoms with Gasteiger partial charge in [0.15, 0.2) is 0 Å². The summed E-state index contributed by atoms with van der Waals surface area (Å²) in [5.41, 5.74) is 0. The van der Waals surface area contributed by atoms with E-state index >= 15 is 0 Å². The van der Waals surface area contributed by atoms with E-state index in [1.807, 2.05) is 0 Å². The molecule has 0 spiro atoms. The predicted molar refractivity (Wildman–Crippen MR) is 82.5 cm³/mol. The Labute approximate surface area is 119 Å². The molecule has 1 atom stereocenters. The van der Waals surface area contributed by atoms with Gasteiger partial charge >= 0.3 is 0 Å². The lowest BCUT2D eigenvalue weighted by Crippen LogP contribution is -2.36. The van der Waals surface area contributed by atoms with Crippen molar-refractivity contribution >= 4 is 0 Å². The molecule has 1 aliphatic carbocycles. The first-order chi connectivity index (χ1) is 9.19. The van der Waals surface area contributed by atoms with Crippen LogP contribution in [-0.4, -0.2) is 61.7 Å². The minimum Gasteiger partial charge on any atom is -0.316 e. The number of rotatable bonds is 9. The van der Waals surface area contributed by atoms with Crippen molar-refractivity contribution in [3.63, 3.8) is 0 Å². The molecule has 2 aliphatic rings. The minimum absolute atomic E-state index is 0.772. The molecular formula is C16H33N3. The Morgan fingerprint density at radius 3 is 2.68 bits per heavy atom. The van der Waals surface area contributed by atoms with Crippen LogP contribution in [-0.2, 0) is 0 Å². The molecule has 0 radical (unpaired) electrons. The van der Waals surface area contributed by atoms with Crippen molar-refractivity contribution in [2.24, 2.45) is 11.8 Å². The third-order valence-electron chi connectivity index (χ3n) is 4.53. The Kier molecular flexibility index (Phi) is 6.11. The van der Waals surface area contributed by atoms with Gasteiger partial charge in [-0.25, -0.2) is 0 Å². The molecule has 2 rings (SSSR count). The average molecular weight is 267 g/mol. The molecule has 1 aliphatic heterocycles. The van der Waals surface area contributed by atoms with Crippen molar-refractivity contribution in [2.45, 2.75) is 46.1 Å². The first-order valence-electron chi connectivity index (χ1n) is 8.36. The number of likely N-dealkylation sites (N-methyl/N-ethyl adjacent to an activating group) is 1. The molecule has 0 aromatic heterocycles. The fourth-order valence-electron chi connectivity index (χ4n) is 3.17. The van der Waals surface area contributed by atoms with Gasteiger partial charge in [-0.15, -0.1) is 0 Å². The Bertz CT molecular complexity index is 250. The van der Waals surface area contributed by atoms with Crippen molar-refractivity contribution in [1.82, 2.24) is 15.1 Å². The Morgan fingerprint density at radius 2 is 2.05 bits per heavy atom. The fourth-order valence-corrected chi connectivity index (χ4v) is 3.17. The summed E-state index contributed by atoms with van der Waals surface area (Å²) in [6, 6.07) is 0.927. The highest BCUT2D eigenvalue weighted by Gasteiger charge is 2.28. The molecule has 1 N–H and O–H groups in total. The molecule has 1 saturated carbocycles. The fraction of sp³-hybridized carbons (Fsp3) is 1.00. The van der Waals surface area contributed by atoms with Gasteiger partial charge in [0.1, 0.15) is 0 Å². The normalized spacial score (nSPS) is 24.8. The Morgan fingerprint density at radius 1 is 1.26 bits per heavy atom. The summed E-state index contributed by atoms with van der Waals surface area (Å²) in [5, 5.41) is 3.61. The lowest BCUT2D eigenvalue weighted by Gasteiger charge is -2.24. The third kappa shape index (κ3) is 5.41. The van der Waals surface area contributed by atoms with Gasteiger partial charge in [0.05, 0.1) is 0 Å². The number of nitrogens with zero attached hydrogens (tertiary/aromatic N) is 2. The maximum absolute atomic E-state index is 3.61. The second-order valence-corrected chi connectivity index (χ2v) is 6.87. The summed E-state index contributed by atoms with van der Waals surface area (Å²) in [4.78, 5) is 5.34. The van der Waals surface area contributed by atoms with Gasteiger partial charge in [-0.2, -0.15) is 0 Å². The Hall–Kier alpha value is -0.120. The summed E-state index contributed by atoms with van der Waals surface area (Å²) >= 11 is 0. The monoisotopic (exact) mass is 267 g/mol. The summed E-state index contributed by atoms with van der Waals surface area (Å²) < 4.78 is 0. The molecule has 19 heavy (non-hydrogen) atoms. The van der Waals surface area contributed by atoms with Crippen LogP contribution in [0.15, 0.2) is 0 Å². The van der Waals surface area contributed by atoms with Gasteiger partial charge in [0.25, 0.3) is 0 Å². The third-order valence-corrected chi connectivity index (χ3v) is 4.53. The van der Waals surface area contributed by atoms with Crippen molar-refractivity contribution in [3.05, 3.63) is 0 Å². The Balaban J connectivity index is 1.56. The van der Waals surface area contributed by atoms with Crippen LogP contribution in [0.5, 0.6) is 0 Å². The zero-order valence-electron chi connectivity index (χ0n) is 13.2. The van der Waals surface area contributed by atoms with Gasteiger partial charge in [0, 0.05) is 25.7 Å². The molecule has 1 saturated heterocycles. The number of likely N-dealkylation sites (tertiary alicyclic amines) is 1. The summed E-state index contributed by atoms with van der Waals surface area (Å²) in [5.74, 6) is 1.66. The maximum Gasteiger partial charge on any atom is 0.0112 e. The van der Waals surface area contributed by atoms with Crippen LogP contribution in [0.1, 0.15) is 40.0 Å². The highest BCUT2D eigenvalue weighted by molar-refractivity contribution is 4.85.